The Balaban J connectivity index is 1.93. The highest BCUT2D eigenvalue weighted by atomic mass is 79.9. The summed E-state index contributed by atoms with van der Waals surface area (Å²) >= 11 is 6.35. The van der Waals surface area contributed by atoms with E-state index in [-0.39, 0.29) is 11.2 Å². The predicted octanol–water partition coefficient (Wildman–Crippen LogP) is 4.55. The minimum atomic E-state index is -0.254. The number of anilines is 2. The van der Waals surface area contributed by atoms with E-state index >= 15 is 0 Å². The molecule has 124 valence electrons. The standard InChI is InChI=1S/C15H19BrN4OS2/c1-4-7-17-14-19-20-15(23-14)22-10(3)13(21)18-12-6-5-9(2)8-11(12)16/h5-6,8,10H,4,7H2,1-3H3,(H,17,19)(H,18,21). The zero-order valence-corrected chi connectivity index (χ0v) is 16.4. The molecule has 0 radical (unpaired) electrons. The third-order valence-electron chi connectivity index (χ3n) is 2.96. The zero-order valence-electron chi connectivity index (χ0n) is 13.2. The summed E-state index contributed by atoms with van der Waals surface area (Å²) < 4.78 is 1.67. The van der Waals surface area contributed by atoms with Crippen molar-refractivity contribution >= 4 is 55.8 Å². The van der Waals surface area contributed by atoms with Crippen LogP contribution in [0.15, 0.2) is 27.0 Å². The summed E-state index contributed by atoms with van der Waals surface area (Å²) in [7, 11) is 0. The number of nitrogens with one attached hydrogen (secondary N) is 2. The number of amides is 1. The number of hydrogen-bond donors (Lipinski definition) is 2. The van der Waals surface area contributed by atoms with Gasteiger partial charge in [-0.15, -0.1) is 10.2 Å². The number of nitrogens with zero attached hydrogens (tertiary/aromatic N) is 2. The van der Waals surface area contributed by atoms with E-state index in [1.807, 2.05) is 32.0 Å². The third-order valence-corrected chi connectivity index (χ3v) is 5.68. The summed E-state index contributed by atoms with van der Waals surface area (Å²) in [6.07, 6.45) is 1.03. The summed E-state index contributed by atoms with van der Waals surface area (Å²) in [4.78, 5) is 12.3. The van der Waals surface area contributed by atoms with Crippen molar-refractivity contribution in [2.45, 2.75) is 36.8 Å². The van der Waals surface area contributed by atoms with Gasteiger partial charge in [0.2, 0.25) is 11.0 Å². The Labute approximate surface area is 152 Å². The van der Waals surface area contributed by atoms with Crippen LogP contribution in [0.3, 0.4) is 0 Å². The van der Waals surface area contributed by atoms with Crippen LogP contribution >= 0.6 is 39.0 Å². The van der Waals surface area contributed by atoms with E-state index in [1.165, 1.54) is 23.1 Å². The molecule has 2 N–H and O–H groups in total. The van der Waals surface area contributed by atoms with Gasteiger partial charge in [0.1, 0.15) is 0 Å². The first-order chi connectivity index (χ1) is 11.0. The average molecular weight is 415 g/mol. The molecule has 1 atom stereocenters. The van der Waals surface area contributed by atoms with E-state index in [4.69, 9.17) is 0 Å². The molecular formula is C15H19BrN4OS2. The maximum Gasteiger partial charge on any atom is 0.237 e. The van der Waals surface area contributed by atoms with Crippen LogP contribution in [0, 0.1) is 6.92 Å². The zero-order chi connectivity index (χ0) is 16.8. The van der Waals surface area contributed by atoms with Crippen molar-refractivity contribution in [2.24, 2.45) is 0 Å². The quantitative estimate of drug-likeness (QED) is 0.650. The molecule has 0 aliphatic heterocycles. The Morgan fingerprint density at radius 2 is 2.22 bits per heavy atom. The Bertz CT molecular complexity index is 677. The summed E-state index contributed by atoms with van der Waals surface area (Å²) in [5, 5.41) is 14.8. The topological polar surface area (TPSA) is 66.9 Å². The van der Waals surface area contributed by atoms with E-state index in [9.17, 15) is 4.79 Å². The van der Waals surface area contributed by atoms with Crippen LogP contribution in [-0.2, 0) is 4.79 Å². The van der Waals surface area contributed by atoms with Crippen LogP contribution in [0.2, 0.25) is 0 Å². The molecule has 0 saturated carbocycles. The molecule has 23 heavy (non-hydrogen) atoms. The lowest BCUT2D eigenvalue weighted by Gasteiger charge is -2.12. The van der Waals surface area contributed by atoms with E-state index < -0.39 is 0 Å². The number of carbonyl (C=O) groups excluding carboxylic acids is 1. The molecule has 5 nitrogen and oxygen atoms in total. The Morgan fingerprint density at radius 3 is 2.91 bits per heavy atom. The van der Waals surface area contributed by atoms with E-state index in [2.05, 4.69) is 43.7 Å². The second kappa shape index (κ2) is 8.65. The normalized spacial score (nSPS) is 12.0. The first-order valence-corrected chi connectivity index (χ1v) is 9.79. The van der Waals surface area contributed by atoms with Gasteiger partial charge in [0, 0.05) is 11.0 Å². The number of carbonyl (C=O) groups is 1. The second-order valence-electron chi connectivity index (χ2n) is 5.03. The first kappa shape index (κ1) is 18.2. The van der Waals surface area contributed by atoms with Crippen molar-refractivity contribution < 1.29 is 4.79 Å². The fraction of sp³-hybridized carbons (Fsp3) is 0.400. The van der Waals surface area contributed by atoms with Crippen LogP contribution in [0.4, 0.5) is 10.8 Å². The summed E-state index contributed by atoms with van der Waals surface area (Å²) in [5.74, 6) is -0.0576. The number of rotatable bonds is 7. The lowest BCUT2D eigenvalue weighted by atomic mass is 10.2. The number of hydrogen-bond acceptors (Lipinski definition) is 6. The summed E-state index contributed by atoms with van der Waals surface area (Å²) in [6.45, 7) is 6.84. The molecule has 2 aromatic rings. The monoisotopic (exact) mass is 414 g/mol. The number of aromatic nitrogens is 2. The van der Waals surface area contributed by atoms with Crippen LogP contribution in [0.5, 0.6) is 0 Å². The van der Waals surface area contributed by atoms with E-state index in [0.717, 1.165) is 38.2 Å². The fourth-order valence-electron chi connectivity index (χ4n) is 1.72. The van der Waals surface area contributed by atoms with Gasteiger partial charge in [0.05, 0.1) is 10.9 Å². The second-order valence-corrected chi connectivity index (χ2v) is 8.45. The fourth-order valence-corrected chi connectivity index (χ4v) is 4.24. The lowest BCUT2D eigenvalue weighted by molar-refractivity contribution is -0.115. The molecule has 2 rings (SSSR count). The van der Waals surface area contributed by atoms with Crippen LogP contribution in [0.25, 0.3) is 0 Å². The van der Waals surface area contributed by atoms with Gasteiger partial charge in [0.15, 0.2) is 4.34 Å². The van der Waals surface area contributed by atoms with E-state index in [0.29, 0.717) is 0 Å². The van der Waals surface area contributed by atoms with Crippen molar-refractivity contribution in [1.29, 1.82) is 0 Å². The number of thioether (sulfide) groups is 1. The molecular weight excluding hydrogens is 396 g/mol. The van der Waals surface area contributed by atoms with Crippen LogP contribution in [-0.4, -0.2) is 27.9 Å². The highest BCUT2D eigenvalue weighted by Gasteiger charge is 2.18. The van der Waals surface area contributed by atoms with Crippen molar-refractivity contribution in [1.82, 2.24) is 10.2 Å². The third kappa shape index (κ3) is 5.47. The molecule has 0 spiro atoms. The van der Waals surface area contributed by atoms with Crippen molar-refractivity contribution in [3.63, 3.8) is 0 Å². The van der Waals surface area contributed by atoms with Gasteiger partial charge in [0.25, 0.3) is 0 Å². The number of benzene rings is 1. The van der Waals surface area contributed by atoms with Crippen molar-refractivity contribution in [2.75, 3.05) is 17.2 Å². The van der Waals surface area contributed by atoms with Crippen LogP contribution in [0.1, 0.15) is 25.8 Å². The molecule has 1 unspecified atom stereocenters. The highest BCUT2D eigenvalue weighted by Crippen LogP contribution is 2.30. The smallest absolute Gasteiger partial charge is 0.237 e. The van der Waals surface area contributed by atoms with Gasteiger partial charge < -0.3 is 10.6 Å². The van der Waals surface area contributed by atoms with Gasteiger partial charge in [-0.1, -0.05) is 36.1 Å². The van der Waals surface area contributed by atoms with Gasteiger partial charge in [-0.25, -0.2) is 0 Å². The minimum absolute atomic E-state index is 0.0576. The Hall–Kier alpha value is -1.12. The lowest BCUT2D eigenvalue weighted by Crippen LogP contribution is -2.22. The van der Waals surface area contributed by atoms with Crippen LogP contribution < -0.4 is 10.6 Å². The largest absolute Gasteiger partial charge is 0.360 e. The van der Waals surface area contributed by atoms with Gasteiger partial charge in [-0.2, -0.15) is 0 Å². The number of aryl methyl sites for hydroxylation is 1. The first-order valence-electron chi connectivity index (χ1n) is 7.30. The maximum absolute atomic E-state index is 12.3. The molecule has 1 amide bonds. The SMILES string of the molecule is CCCNc1nnc(SC(C)C(=O)Nc2ccc(C)cc2Br)s1. The number of halogens is 1. The van der Waals surface area contributed by atoms with Crippen molar-refractivity contribution in [3.05, 3.63) is 28.2 Å². The molecule has 0 bridgehead atoms. The molecule has 0 saturated heterocycles. The van der Waals surface area contributed by atoms with Crippen molar-refractivity contribution in [3.8, 4) is 0 Å². The predicted molar refractivity (Wildman–Crippen MR) is 102 cm³/mol. The molecule has 0 fully saturated rings. The molecule has 8 heteroatoms. The van der Waals surface area contributed by atoms with Gasteiger partial charge in [-0.05, 0) is 53.9 Å². The Kier molecular flexibility index (Phi) is 6.86. The summed E-state index contributed by atoms with van der Waals surface area (Å²) in [5.41, 5.74) is 1.91. The molecule has 1 heterocycles. The van der Waals surface area contributed by atoms with E-state index in [1.54, 1.807) is 0 Å². The minimum Gasteiger partial charge on any atom is -0.360 e. The van der Waals surface area contributed by atoms with Gasteiger partial charge in [-0.3, -0.25) is 4.79 Å². The molecule has 1 aromatic carbocycles. The van der Waals surface area contributed by atoms with Gasteiger partial charge >= 0.3 is 0 Å². The Morgan fingerprint density at radius 1 is 1.43 bits per heavy atom. The highest BCUT2D eigenvalue weighted by molar-refractivity contribution is 9.10. The maximum atomic E-state index is 12.3. The average Bonchev–Trinajstić information content (AvgIpc) is 2.95. The molecule has 1 aromatic heterocycles. The summed E-state index contributed by atoms with van der Waals surface area (Å²) in [6, 6.07) is 5.84. The molecule has 0 aliphatic rings. The molecule has 0 aliphatic carbocycles.